The van der Waals surface area contributed by atoms with Crippen LogP contribution < -0.4 is 16.2 Å². The van der Waals surface area contributed by atoms with Gasteiger partial charge in [-0.3, -0.25) is 5.43 Å². The van der Waals surface area contributed by atoms with Crippen molar-refractivity contribution in [1.29, 1.82) is 0 Å². The minimum absolute atomic E-state index is 0.365. The van der Waals surface area contributed by atoms with Gasteiger partial charge in [0.25, 0.3) is 0 Å². The first-order valence-electron chi connectivity index (χ1n) is 6.80. The summed E-state index contributed by atoms with van der Waals surface area (Å²) in [5.41, 5.74) is 2.56. The predicted molar refractivity (Wildman–Crippen MR) is 82.2 cm³/mol. The minimum Gasteiger partial charge on any atom is -0.379 e. The van der Waals surface area contributed by atoms with E-state index in [0.717, 1.165) is 42.1 Å². The Balaban J connectivity index is 2.08. The number of anilines is 2. The molecule has 1 aliphatic heterocycles. The van der Waals surface area contributed by atoms with Gasteiger partial charge in [-0.15, -0.1) is 11.3 Å². The molecule has 3 rings (SSSR count). The Morgan fingerprint density at radius 1 is 1.55 bits per heavy atom. The lowest BCUT2D eigenvalue weighted by Gasteiger charge is -2.25. The van der Waals surface area contributed by atoms with Gasteiger partial charge in [-0.1, -0.05) is 6.92 Å². The number of rotatable bonds is 4. The quantitative estimate of drug-likeness (QED) is 0.661. The third kappa shape index (κ3) is 2.32. The molecule has 1 saturated heterocycles. The van der Waals surface area contributed by atoms with Gasteiger partial charge in [-0.2, -0.15) is 4.98 Å². The van der Waals surface area contributed by atoms with Crippen molar-refractivity contribution in [3.05, 3.63) is 10.9 Å². The van der Waals surface area contributed by atoms with Crippen LogP contribution in [0.1, 0.15) is 18.2 Å². The highest BCUT2D eigenvalue weighted by molar-refractivity contribution is 7.18. The topological polar surface area (TPSA) is 76.3 Å². The number of hydrogen-bond acceptors (Lipinski definition) is 7. The number of aryl methyl sites for hydroxylation is 1. The van der Waals surface area contributed by atoms with Gasteiger partial charge < -0.3 is 9.64 Å². The van der Waals surface area contributed by atoms with E-state index in [4.69, 9.17) is 10.6 Å². The molecule has 3 N–H and O–H groups in total. The fraction of sp³-hybridized carbons (Fsp3) is 0.538. The summed E-state index contributed by atoms with van der Waals surface area (Å²) in [6, 6.07) is 2.55. The largest absolute Gasteiger partial charge is 0.379 e. The Morgan fingerprint density at radius 3 is 3.05 bits per heavy atom. The smallest absolute Gasteiger partial charge is 0.240 e. The van der Waals surface area contributed by atoms with Crippen LogP contribution in [0.3, 0.4) is 0 Å². The van der Waals surface area contributed by atoms with E-state index in [2.05, 4.69) is 40.3 Å². The molecule has 1 atom stereocenters. The van der Waals surface area contributed by atoms with Gasteiger partial charge in [-0.05, 0) is 18.9 Å². The van der Waals surface area contributed by atoms with Crippen molar-refractivity contribution in [2.75, 3.05) is 30.6 Å². The van der Waals surface area contributed by atoms with Gasteiger partial charge in [0, 0.05) is 18.5 Å². The number of nitrogens with two attached hydrogens (primary N) is 1. The summed E-state index contributed by atoms with van der Waals surface area (Å²) in [5, 5.41) is 1.10. The Bertz CT molecular complexity index is 608. The molecule has 1 unspecified atom stereocenters. The number of hydrogen-bond donors (Lipinski definition) is 2. The Hall–Kier alpha value is -1.44. The van der Waals surface area contributed by atoms with Gasteiger partial charge >= 0.3 is 0 Å². The summed E-state index contributed by atoms with van der Waals surface area (Å²) in [6.07, 6.45) is 2.03. The number of thiophene rings is 1. The summed E-state index contributed by atoms with van der Waals surface area (Å²) in [6.45, 7) is 3.71. The highest BCUT2D eigenvalue weighted by Crippen LogP contribution is 2.33. The Morgan fingerprint density at radius 2 is 2.40 bits per heavy atom. The van der Waals surface area contributed by atoms with Crippen LogP contribution in [-0.4, -0.2) is 36.3 Å². The first kappa shape index (κ1) is 13.5. The van der Waals surface area contributed by atoms with Gasteiger partial charge in [0.2, 0.25) is 5.95 Å². The third-order valence-corrected chi connectivity index (χ3v) is 4.86. The number of aromatic nitrogens is 2. The number of ether oxygens (including phenoxy) is 1. The van der Waals surface area contributed by atoms with E-state index < -0.39 is 0 Å². The molecule has 3 heterocycles. The van der Waals surface area contributed by atoms with E-state index in [1.165, 1.54) is 4.88 Å². The van der Waals surface area contributed by atoms with Crippen LogP contribution in [-0.2, 0) is 11.2 Å². The molecule has 0 aliphatic carbocycles. The molecule has 0 bridgehead atoms. The SMILES string of the molecule is CCc1cc2c(N(C)C3CCOC3)nc(NN)nc2s1. The highest BCUT2D eigenvalue weighted by Gasteiger charge is 2.24. The fourth-order valence-electron chi connectivity index (χ4n) is 2.46. The summed E-state index contributed by atoms with van der Waals surface area (Å²) >= 11 is 1.70. The van der Waals surface area contributed by atoms with E-state index in [0.29, 0.717) is 12.0 Å². The lowest BCUT2D eigenvalue weighted by molar-refractivity contribution is 0.193. The zero-order valence-electron chi connectivity index (χ0n) is 11.7. The van der Waals surface area contributed by atoms with Crippen LogP contribution in [0.25, 0.3) is 10.2 Å². The van der Waals surface area contributed by atoms with Gasteiger partial charge in [0.1, 0.15) is 10.6 Å². The third-order valence-electron chi connectivity index (χ3n) is 3.69. The molecule has 0 aromatic carbocycles. The van der Waals surface area contributed by atoms with Gasteiger partial charge in [-0.25, -0.2) is 10.8 Å². The molecule has 2 aromatic heterocycles. The van der Waals surface area contributed by atoms with Crippen LogP contribution in [0.5, 0.6) is 0 Å². The molecule has 0 saturated carbocycles. The van der Waals surface area contributed by atoms with Crippen molar-refractivity contribution in [3.8, 4) is 0 Å². The van der Waals surface area contributed by atoms with E-state index >= 15 is 0 Å². The van der Waals surface area contributed by atoms with E-state index in [1.54, 1.807) is 11.3 Å². The minimum atomic E-state index is 0.365. The maximum Gasteiger partial charge on any atom is 0.240 e. The zero-order chi connectivity index (χ0) is 14.1. The molecular weight excluding hydrogens is 274 g/mol. The molecule has 0 radical (unpaired) electrons. The Labute approximate surface area is 121 Å². The monoisotopic (exact) mass is 293 g/mol. The summed E-state index contributed by atoms with van der Waals surface area (Å²) in [7, 11) is 2.06. The lowest BCUT2D eigenvalue weighted by atomic mass is 10.2. The van der Waals surface area contributed by atoms with Crippen molar-refractivity contribution in [2.45, 2.75) is 25.8 Å². The van der Waals surface area contributed by atoms with Crippen molar-refractivity contribution in [2.24, 2.45) is 5.84 Å². The van der Waals surface area contributed by atoms with Gasteiger partial charge in [0.15, 0.2) is 0 Å². The van der Waals surface area contributed by atoms with Crippen molar-refractivity contribution < 1.29 is 4.74 Å². The first-order valence-corrected chi connectivity index (χ1v) is 7.62. The number of nitrogens with zero attached hydrogens (tertiary/aromatic N) is 3. The number of nitrogens with one attached hydrogen (secondary N) is 1. The normalized spacial score (nSPS) is 18.6. The molecule has 2 aromatic rings. The van der Waals surface area contributed by atoms with E-state index in [9.17, 15) is 0 Å². The molecular formula is C13H19N5OS. The molecule has 7 heteroatoms. The molecule has 0 spiro atoms. The Kier molecular flexibility index (Phi) is 3.73. The number of fused-ring (bicyclic) bond motifs is 1. The first-order chi connectivity index (χ1) is 9.72. The summed E-state index contributed by atoms with van der Waals surface area (Å²) in [5.74, 6) is 6.88. The average molecular weight is 293 g/mol. The molecule has 108 valence electrons. The van der Waals surface area contributed by atoms with E-state index in [1.807, 2.05) is 0 Å². The standard InChI is InChI=1S/C13H19N5OS/c1-3-9-6-10-11(18(2)8-4-5-19-7-8)15-13(17-14)16-12(10)20-9/h6,8H,3-5,7,14H2,1-2H3,(H,15,16,17). The lowest BCUT2D eigenvalue weighted by Crippen LogP contribution is -2.32. The summed E-state index contributed by atoms with van der Waals surface area (Å²) < 4.78 is 5.47. The van der Waals surface area contributed by atoms with E-state index in [-0.39, 0.29) is 0 Å². The fourth-order valence-corrected chi connectivity index (χ4v) is 3.43. The van der Waals surface area contributed by atoms with Crippen molar-refractivity contribution in [1.82, 2.24) is 9.97 Å². The molecule has 6 nitrogen and oxygen atoms in total. The van der Waals surface area contributed by atoms with Crippen LogP contribution in [0.2, 0.25) is 0 Å². The second-order valence-electron chi connectivity index (χ2n) is 4.93. The molecule has 1 aliphatic rings. The summed E-state index contributed by atoms with van der Waals surface area (Å²) in [4.78, 5) is 13.5. The molecule has 1 fully saturated rings. The van der Waals surface area contributed by atoms with Crippen molar-refractivity contribution >= 4 is 33.3 Å². The maximum atomic E-state index is 5.49. The van der Waals surface area contributed by atoms with Crippen LogP contribution >= 0.6 is 11.3 Å². The number of nitrogen functional groups attached to an aromatic ring is 1. The van der Waals surface area contributed by atoms with Crippen LogP contribution in [0, 0.1) is 0 Å². The van der Waals surface area contributed by atoms with Crippen LogP contribution in [0.4, 0.5) is 11.8 Å². The number of hydrazine groups is 1. The maximum absolute atomic E-state index is 5.49. The zero-order valence-corrected chi connectivity index (χ0v) is 12.5. The second kappa shape index (κ2) is 5.51. The van der Waals surface area contributed by atoms with Crippen LogP contribution in [0.15, 0.2) is 6.07 Å². The van der Waals surface area contributed by atoms with Crippen molar-refractivity contribution in [3.63, 3.8) is 0 Å². The highest BCUT2D eigenvalue weighted by atomic mass is 32.1. The van der Waals surface area contributed by atoms with Gasteiger partial charge in [0.05, 0.1) is 18.0 Å². The molecule has 0 amide bonds. The predicted octanol–water partition coefficient (Wildman–Crippen LogP) is 1.76. The molecule has 20 heavy (non-hydrogen) atoms. The average Bonchev–Trinajstić information content (AvgIpc) is 3.13. The number of likely N-dealkylation sites (N-methyl/N-ethyl adjacent to an activating group) is 1. The second-order valence-corrected chi connectivity index (χ2v) is 6.04.